The van der Waals surface area contributed by atoms with Crippen LogP contribution in [0.2, 0.25) is 0 Å². The number of hydrogen-bond donors (Lipinski definition) is 1. The van der Waals surface area contributed by atoms with E-state index in [2.05, 4.69) is 43.4 Å². The predicted molar refractivity (Wildman–Crippen MR) is 76.2 cm³/mol. The maximum atomic E-state index is 5.97. The molecule has 0 aromatic heterocycles. The van der Waals surface area contributed by atoms with Crippen molar-refractivity contribution < 1.29 is 4.74 Å². The van der Waals surface area contributed by atoms with Crippen molar-refractivity contribution in [2.45, 2.75) is 57.6 Å². The largest absolute Gasteiger partial charge is 0.490 e. The predicted octanol–water partition coefficient (Wildman–Crippen LogP) is 3.55. The van der Waals surface area contributed by atoms with Crippen molar-refractivity contribution in [3.05, 3.63) is 29.8 Å². The summed E-state index contributed by atoms with van der Waals surface area (Å²) in [6, 6.07) is 8.59. The minimum Gasteiger partial charge on any atom is -0.490 e. The Kier molecular flexibility index (Phi) is 4.28. The van der Waals surface area contributed by atoms with Gasteiger partial charge in [0, 0.05) is 5.54 Å². The molecule has 1 aromatic rings. The molecule has 0 amide bonds. The van der Waals surface area contributed by atoms with E-state index in [9.17, 15) is 0 Å². The molecule has 0 heterocycles. The molecular formula is C16H25NO. The van der Waals surface area contributed by atoms with Gasteiger partial charge in [0.2, 0.25) is 0 Å². The molecule has 1 saturated carbocycles. The van der Waals surface area contributed by atoms with Gasteiger partial charge in [-0.1, -0.05) is 12.1 Å². The van der Waals surface area contributed by atoms with Crippen LogP contribution >= 0.6 is 0 Å². The molecule has 1 aromatic carbocycles. The number of ether oxygens (including phenoxy) is 1. The summed E-state index contributed by atoms with van der Waals surface area (Å²) in [4.78, 5) is 0. The van der Waals surface area contributed by atoms with E-state index in [1.165, 1.54) is 31.2 Å². The third-order valence-corrected chi connectivity index (χ3v) is 3.85. The summed E-state index contributed by atoms with van der Waals surface area (Å²) < 4.78 is 5.97. The molecule has 0 radical (unpaired) electrons. The summed E-state index contributed by atoms with van der Waals surface area (Å²) in [6.45, 7) is 4.44. The van der Waals surface area contributed by atoms with Gasteiger partial charge < -0.3 is 10.1 Å². The van der Waals surface area contributed by atoms with Crippen LogP contribution in [0.15, 0.2) is 24.3 Å². The van der Waals surface area contributed by atoms with Crippen molar-refractivity contribution in [3.63, 3.8) is 0 Å². The van der Waals surface area contributed by atoms with Gasteiger partial charge in [0.25, 0.3) is 0 Å². The molecule has 0 saturated heterocycles. The molecule has 0 aliphatic heterocycles. The molecule has 2 heteroatoms. The van der Waals surface area contributed by atoms with Crippen molar-refractivity contribution in [2.75, 3.05) is 7.05 Å². The summed E-state index contributed by atoms with van der Waals surface area (Å²) in [5, 5.41) is 3.33. The average Bonchev–Trinajstić information content (AvgIpc) is 2.84. The van der Waals surface area contributed by atoms with Crippen LogP contribution in [-0.2, 0) is 6.42 Å². The van der Waals surface area contributed by atoms with Crippen molar-refractivity contribution in [1.82, 2.24) is 5.32 Å². The van der Waals surface area contributed by atoms with E-state index >= 15 is 0 Å². The smallest absolute Gasteiger partial charge is 0.119 e. The van der Waals surface area contributed by atoms with Gasteiger partial charge in [-0.05, 0) is 70.7 Å². The molecule has 1 N–H and O–H groups in total. The first kappa shape index (κ1) is 13.4. The Hall–Kier alpha value is -1.02. The third-order valence-electron chi connectivity index (χ3n) is 3.85. The topological polar surface area (TPSA) is 21.3 Å². The Morgan fingerprint density at radius 2 is 1.78 bits per heavy atom. The van der Waals surface area contributed by atoms with Crippen LogP contribution in [0.5, 0.6) is 5.75 Å². The van der Waals surface area contributed by atoms with Crippen molar-refractivity contribution in [1.29, 1.82) is 0 Å². The molecule has 1 aliphatic rings. The maximum absolute atomic E-state index is 5.97. The van der Waals surface area contributed by atoms with E-state index in [0.717, 1.165) is 12.2 Å². The van der Waals surface area contributed by atoms with Crippen LogP contribution in [-0.4, -0.2) is 18.7 Å². The van der Waals surface area contributed by atoms with Crippen molar-refractivity contribution in [2.24, 2.45) is 0 Å². The summed E-state index contributed by atoms with van der Waals surface area (Å²) in [5.41, 5.74) is 1.50. The lowest BCUT2D eigenvalue weighted by molar-refractivity contribution is 0.210. The van der Waals surface area contributed by atoms with Crippen molar-refractivity contribution in [3.8, 4) is 5.75 Å². The SMILES string of the molecule is CNC(C)(C)Cc1ccc(OC2CCCC2)cc1. The standard InChI is InChI=1S/C16H25NO/c1-16(2,17-3)12-13-8-10-15(11-9-13)18-14-6-4-5-7-14/h8-11,14,17H,4-7,12H2,1-3H3. The fourth-order valence-electron chi connectivity index (χ4n) is 2.48. The Balaban J connectivity index is 1.92. The van der Waals surface area contributed by atoms with Crippen LogP contribution in [0.1, 0.15) is 45.1 Å². The average molecular weight is 247 g/mol. The van der Waals surface area contributed by atoms with Gasteiger partial charge in [-0.3, -0.25) is 0 Å². The van der Waals surface area contributed by atoms with Crippen LogP contribution in [0.3, 0.4) is 0 Å². The molecule has 1 aliphatic carbocycles. The second-order valence-electron chi connectivity index (χ2n) is 5.98. The van der Waals surface area contributed by atoms with E-state index in [0.29, 0.717) is 6.10 Å². The molecule has 2 nitrogen and oxygen atoms in total. The quantitative estimate of drug-likeness (QED) is 0.859. The monoisotopic (exact) mass is 247 g/mol. The molecular weight excluding hydrogens is 222 g/mol. The van der Waals surface area contributed by atoms with Gasteiger partial charge in [-0.2, -0.15) is 0 Å². The number of likely N-dealkylation sites (N-methyl/N-ethyl adjacent to an activating group) is 1. The fourth-order valence-corrected chi connectivity index (χ4v) is 2.48. The molecule has 18 heavy (non-hydrogen) atoms. The first-order valence-electron chi connectivity index (χ1n) is 7.03. The molecule has 2 rings (SSSR count). The normalized spacial score (nSPS) is 17.1. The Bertz CT molecular complexity index is 363. The molecule has 100 valence electrons. The first-order chi connectivity index (χ1) is 8.59. The Morgan fingerprint density at radius 1 is 1.17 bits per heavy atom. The van der Waals surface area contributed by atoms with Gasteiger partial charge in [0.1, 0.15) is 5.75 Å². The second kappa shape index (κ2) is 5.75. The summed E-state index contributed by atoms with van der Waals surface area (Å²) >= 11 is 0. The van der Waals surface area contributed by atoms with Gasteiger partial charge in [-0.15, -0.1) is 0 Å². The highest BCUT2D eigenvalue weighted by Crippen LogP contribution is 2.24. The van der Waals surface area contributed by atoms with Crippen LogP contribution < -0.4 is 10.1 Å². The molecule has 1 fully saturated rings. The van der Waals surface area contributed by atoms with E-state index in [1.807, 2.05) is 7.05 Å². The summed E-state index contributed by atoms with van der Waals surface area (Å²) in [6.07, 6.45) is 6.55. The molecule has 0 bridgehead atoms. The van der Waals surface area contributed by atoms with Gasteiger partial charge >= 0.3 is 0 Å². The van der Waals surface area contributed by atoms with Gasteiger partial charge in [0.15, 0.2) is 0 Å². The second-order valence-corrected chi connectivity index (χ2v) is 5.98. The lowest BCUT2D eigenvalue weighted by Gasteiger charge is -2.24. The van der Waals surface area contributed by atoms with E-state index in [-0.39, 0.29) is 5.54 Å². The van der Waals surface area contributed by atoms with Crippen LogP contribution in [0.25, 0.3) is 0 Å². The first-order valence-corrected chi connectivity index (χ1v) is 7.03. The van der Waals surface area contributed by atoms with Gasteiger partial charge in [0.05, 0.1) is 6.10 Å². The highest BCUT2D eigenvalue weighted by molar-refractivity contribution is 5.28. The van der Waals surface area contributed by atoms with E-state index < -0.39 is 0 Å². The third kappa shape index (κ3) is 3.74. The zero-order valence-corrected chi connectivity index (χ0v) is 11.8. The van der Waals surface area contributed by atoms with E-state index in [4.69, 9.17) is 4.74 Å². The number of nitrogens with one attached hydrogen (secondary N) is 1. The summed E-state index contributed by atoms with van der Waals surface area (Å²) in [7, 11) is 2.01. The number of rotatable bonds is 5. The number of benzene rings is 1. The summed E-state index contributed by atoms with van der Waals surface area (Å²) in [5.74, 6) is 1.02. The maximum Gasteiger partial charge on any atom is 0.119 e. The van der Waals surface area contributed by atoms with Crippen LogP contribution in [0.4, 0.5) is 0 Å². The van der Waals surface area contributed by atoms with Gasteiger partial charge in [-0.25, -0.2) is 0 Å². The lowest BCUT2D eigenvalue weighted by Crippen LogP contribution is -2.38. The molecule has 0 atom stereocenters. The Morgan fingerprint density at radius 3 is 2.33 bits per heavy atom. The molecule has 0 spiro atoms. The number of hydrogen-bond acceptors (Lipinski definition) is 2. The van der Waals surface area contributed by atoms with E-state index in [1.54, 1.807) is 0 Å². The minimum atomic E-state index is 0.147. The zero-order chi connectivity index (χ0) is 13.0. The minimum absolute atomic E-state index is 0.147. The highest BCUT2D eigenvalue weighted by Gasteiger charge is 2.17. The molecule has 0 unspecified atom stereocenters. The lowest BCUT2D eigenvalue weighted by atomic mass is 9.95. The highest BCUT2D eigenvalue weighted by atomic mass is 16.5. The van der Waals surface area contributed by atoms with Crippen molar-refractivity contribution >= 4 is 0 Å². The van der Waals surface area contributed by atoms with Crippen LogP contribution in [0, 0.1) is 0 Å². The zero-order valence-electron chi connectivity index (χ0n) is 11.8. The fraction of sp³-hybridized carbons (Fsp3) is 0.625. The Labute approximate surface area is 111 Å².